The second kappa shape index (κ2) is 5.11. The van der Waals surface area contributed by atoms with Crippen LogP contribution in [0.2, 0.25) is 0 Å². The van der Waals surface area contributed by atoms with E-state index in [1.807, 2.05) is 5.92 Å². The van der Waals surface area contributed by atoms with Crippen LogP contribution in [-0.4, -0.2) is 26.3 Å². The molecular formula is C6H6O5. The van der Waals surface area contributed by atoms with Crippen molar-refractivity contribution in [1.29, 1.82) is 0 Å². The molecule has 0 aliphatic carbocycles. The number of hydrogen-bond acceptors (Lipinski definition) is 5. The molecule has 0 fully saturated rings. The van der Waals surface area contributed by atoms with E-state index in [-0.39, 0.29) is 0 Å². The minimum absolute atomic E-state index is 0.783. The van der Waals surface area contributed by atoms with E-state index in [1.54, 1.807) is 6.11 Å². The zero-order valence-electron chi connectivity index (χ0n) is 6.04. The number of methoxy groups -OCH3 is 2. The Hall–Kier alpha value is -1.70. The quantitative estimate of drug-likeness (QED) is 0.364. The molecule has 0 aliphatic rings. The smallest absolute Gasteiger partial charge is 0.459 e. The molecule has 0 N–H and O–H groups in total. The van der Waals surface area contributed by atoms with Gasteiger partial charge in [-0.15, -0.1) is 0 Å². The van der Waals surface area contributed by atoms with Gasteiger partial charge in [-0.2, -0.15) is 0 Å². The average molecular weight is 158 g/mol. The van der Waals surface area contributed by atoms with Crippen LogP contribution in [0.4, 0.5) is 4.79 Å². The van der Waals surface area contributed by atoms with Gasteiger partial charge in [-0.05, 0) is 0 Å². The first-order chi connectivity index (χ1) is 5.20. The molecule has 0 heterocycles. The van der Waals surface area contributed by atoms with Gasteiger partial charge in [0.1, 0.15) is 6.11 Å². The van der Waals surface area contributed by atoms with Gasteiger partial charge in [-0.25, -0.2) is 9.59 Å². The summed E-state index contributed by atoms with van der Waals surface area (Å²) >= 11 is 0. The predicted octanol–water partition coefficient (Wildman–Crippen LogP) is -0.0967. The number of ether oxygens (including phenoxy) is 3. The van der Waals surface area contributed by atoms with E-state index in [0.29, 0.717) is 0 Å². The molecule has 0 aromatic carbocycles. The maximum atomic E-state index is 10.3. The molecule has 5 nitrogen and oxygen atoms in total. The first-order valence-corrected chi connectivity index (χ1v) is 2.54. The third-order valence-corrected chi connectivity index (χ3v) is 0.640. The van der Waals surface area contributed by atoms with Crippen molar-refractivity contribution in [2.75, 3.05) is 14.2 Å². The summed E-state index contributed by atoms with van der Waals surface area (Å²) in [5, 5.41) is 0. The molecule has 0 aliphatic heterocycles. The lowest BCUT2D eigenvalue weighted by Gasteiger charge is -1.89. The highest BCUT2D eigenvalue weighted by atomic mass is 16.7. The van der Waals surface area contributed by atoms with Crippen LogP contribution in [0, 0.1) is 12.0 Å². The van der Waals surface area contributed by atoms with Gasteiger partial charge in [0.15, 0.2) is 0 Å². The standard InChI is InChI=1S/C6H6O5/c1-9-5(7)3-4-11-6(8)10-2/h1-2H3. The van der Waals surface area contributed by atoms with E-state index in [4.69, 9.17) is 0 Å². The van der Waals surface area contributed by atoms with Crippen molar-refractivity contribution in [3.8, 4) is 12.0 Å². The van der Waals surface area contributed by atoms with Gasteiger partial charge in [0.25, 0.3) is 0 Å². The van der Waals surface area contributed by atoms with Crippen molar-refractivity contribution in [2.45, 2.75) is 0 Å². The lowest BCUT2D eigenvalue weighted by atomic mass is 10.7. The van der Waals surface area contributed by atoms with Crippen molar-refractivity contribution in [2.24, 2.45) is 0 Å². The number of carbonyl (C=O) groups excluding carboxylic acids is 2. The van der Waals surface area contributed by atoms with Crippen LogP contribution in [-0.2, 0) is 19.0 Å². The zero-order chi connectivity index (χ0) is 8.69. The predicted molar refractivity (Wildman–Crippen MR) is 33.3 cm³/mol. The van der Waals surface area contributed by atoms with Crippen LogP contribution < -0.4 is 0 Å². The monoisotopic (exact) mass is 158 g/mol. The molecular weight excluding hydrogens is 152 g/mol. The van der Waals surface area contributed by atoms with Crippen LogP contribution >= 0.6 is 0 Å². The van der Waals surface area contributed by atoms with Gasteiger partial charge in [0.05, 0.1) is 20.1 Å². The molecule has 0 bridgehead atoms. The fourth-order valence-corrected chi connectivity index (χ4v) is 0.202. The van der Waals surface area contributed by atoms with Crippen LogP contribution in [0.25, 0.3) is 0 Å². The summed E-state index contributed by atoms with van der Waals surface area (Å²) in [4.78, 5) is 20.4. The fraction of sp³-hybridized carbons (Fsp3) is 0.333. The van der Waals surface area contributed by atoms with Crippen LogP contribution in [0.5, 0.6) is 0 Å². The third kappa shape index (κ3) is 4.78. The molecule has 0 radical (unpaired) electrons. The van der Waals surface area contributed by atoms with Gasteiger partial charge in [0, 0.05) is 0 Å². The summed E-state index contributed by atoms with van der Waals surface area (Å²) in [6.07, 6.45) is 0.817. The highest BCUT2D eigenvalue weighted by molar-refractivity contribution is 5.88. The fourth-order valence-electron chi connectivity index (χ4n) is 0.202. The van der Waals surface area contributed by atoms with Crippen molar-refractivity contribution >= 4 is 12.1 Å². The van der Waals surface area contributed by atoms with E-state index in [9.17, 15) is 9.59 Å². The second-order valence-electron chi connectivity index (χ2n) is 1.27. The maximum Gasteiger partial charge on any atom is 0.522 e. The Labute approximate surface area is 63.2 Å². The normalized spacial score (nSPS) is 7.09. The molecule has 60 valence electrons. The third-order valence-electron chi connectivity index (χ3n) is 0.640. The van der Waals surface area contributed by atoms with Gasteiger partial charge >= 0.3 is 12.1 Å². The maximum absolute atomic E-state index is 10.3. The summed E-state index contributed by atoms with van der Waals surface area (Å²) in [5.74, 6) is 1.08. The van der Waals surface area contributed by atoms with Crippen LogP contribution in [0.3, 0.4) is 0 Å². The van der Waals surface area contributed by atoms with Crippen molar-refractivity contribution in [1.82, 2.24) is 0 Å². The Kier molecular flexibility index (Phi) is 4.32. The van der Waals surface area contributed by atoms with Gasteiger partial charge < -0.3 is 14.2 Å². The van der Waals surface area contributed by atoms with Crippen LogP contribution in [0.1, 0.15) is 0 Å². The molecule has 0 atom stereocenters. The molecule has 0 amide bonds. The first-order valence-electron chi connectivity index (χ1n) is 2.54. The molecule has 11 heavy (non-hydrogen) atoms. The number of carbonyl (C=O) groups is 2. The van der Waals surface area contributed by atoms with Crippen molar-refractivity contribution in [3.63, 3.8) is 0 Å². The van der Waals surface area contributed by atoms with Gasteiger partial charge in [-0.3, -0.25) is 0 Å². The summed E-state index contributed by atoms with van der Waals surface area (Å²) < 4.78 is 12.2. The molecule has 0 saturated heterocycles. The average Bonchev–Trinajstić information content (AvgIpc) is 2.04. The van der Waals surface area contributed by atoms with E-state index in [2.05, 4.69) is 14.2 Å². The molecule has 0 rings (SSSR count). The SMILES string of the molecule is COC(=O)C#COC(=O)OC. The lowest BCUT2D eigenvalue weighted by Crippen LogP contribution is -2.00. The molecule has 0 saturated carbocycles. The number of hydrogen-bond donors (Lipinski definition) is 0. The highest BCUT2D eigenvalue weighted by Crippen LogP contribution is 1.78. The Balaban J connectivity index is 3.72. The Morgan fingerprint density at radius 3 is 2.27 bits per heavy atom. The summed E-state index contributed by atoms with van der Waals surface area (Å²) in [6, 6.07) is 0. The second-order valence-corrected chi connectivity index (χ2v) is 1.27. The molecule has 0 spiro atoms. The van der Waals surface area contributed by atoms with Crippen molar-refractivity contribution < 1.29 is 23.8 Å². The Morgan fingerprint density at radius 1 is 1.18 bits per heavy atom. The van der Waals surface area contributed by atoms with Crippen LogP contribution in [0.15, 0.2) is 0 Å². The van der Waals surface area contributed by atoms with E-state index in [1.165, 1.54) is 0 Å². The number of esters is 1. The Bertz CT molecular complexity index is 209. The molecule has 0 aromatic heterocycles. The molecule has 0 aromatic rings. The van der Waals surface area contributed by atoms with Gasteiger partial charge in [-0.1, -0.05) is 0 Å². The molecule has 5 heteroatoms. The molecule has 0 unspecified atom stereocenters. The highest BCUT2D eigenvalue weighted by Gasteiger charge is 1.96. The van der Waals surface area contributed by atoms with E-state index in [0.717, 1.165) is 14.2 Å². The lowest BCUT2D eigenvalue weighted by molar-refractivity contribution is -0.133. The van der Waals surface area contributed by atoms with E-state index >= 15 is 0 Å². The summed E-state index contributed by atoms with van der Waals surface area (Å²) in [6.45, 7) is 0. The Morgan fingerprint density at radius 2 is 1.82 bits per heavy atom. The first kappa shape index (κ1) is 9.30. The topological polar surface area (TPSA) is 61.8 Å². The van der Waals surface area contributed by atoms with Crippen molar-refractivity contribution in [3.05, 3.63) is 0 Å². The minimum Gasteiger partial charge on any atom is -0.459 e. The summed E-state index contributed by atoms with van der Waals surface area (Å²) in [5.41, 5.74) is 0. The zero-order valence-corrected chi connectivity index (χ0v) is 6.04. The summed E-state index contributed by atoms with van der Waals surface area (Å²) in [7, 11) is 2.29. The number of rotatable bonds is 0. The largest absolute Gasteiger partial charge is 0.522 e. The minimum atomic E-state index is -0.971. The van der Waals surface area contributed by atoms with E-state index < -0.39 is 12.1 Å². The van der Waals surface area contributed by atoms with Gasteiger partial charge in [0.2, 0.25) is 0 Å².